The molecule has 0 spiro atoms. The van der Waals surface area contributed by atoms with Gasteiger partial charge in [0.05, 0.1) is 16.3 Å². The monoisotopic (exact) mass is 262 g/mol. The molecule has 0 unspecified atom stereocenters. The molecule has 1 amide bonds. The first-order chi connectivity index (χ1) is 8.49. The van der Waals surface area contributed by atoms with Crippen LogP contribution in [-0.2, 0) is 0 Å². The van der Waals surface area contributed by atoms with Gasteiger partial charge in [0.2, 0.25) is 11.9 Å². The predicted molar refractivity (Wildman–Crippen MR) is 70.1 cm³/mol. The highest BCUT2D eigenvalue weighted by Crippen LogP contribution is 2.26. The van der Waals surface area contributed by atoms with Crippen molar-refractivity contribution >= 4 is 23.5 Å². The van der Waals surface area contributed by atoms with Crippen molar-refractivity contribution in [2.75, 3.05) is 5.73 Å². The van der Waals surface area contributed by atoms with Crippen molar-refractivity contribution in [3.63, 3.8) is 0 Å². The molecule has 0 saturated carbocycles. The molecule has 0 radical (unpaired) electrons. The third-order valence-electron chi connectivity index (χ3n) is 2.54. The molecule has 1 aromatic heterocycles. The summed E-state index contributed by atoms with van der Waals surface area (Å²) in [4.78, 5) is 19.2. The first kappa shape index (κ1) is 12.3. The van der Waals surface area contributed by atoms with E-state index in [0.29, 0.717) is 5.02 Å². The number of nitrogens with zero attached hydrogens (tertiary/aromatic N) is 2. The second kappa shape index (κ2) is 4.62. The van der Waals surface area contributed by atoms with Gasteiger partial charge in [-0.3, -0.25) is 4.79 Å². The van der Waals surface area contributed by atoms with Crippen LogP contribution in [0.5, 0.6) is 0 Å². The minimum atomic E-state index is -0.573. The standard InChI is InChI=1S/C12H11ClN4O/c1-6-9(5-16-12(15)17-6)7-2-3-10(13)8(4-7)11(14)18/h2-5H,1H3,(H2,14,18)(H2,15,16,17). The lowest BCUT2D eigenvalue weighted by Gasteiger charge is -2.07. The number of carbonyl (C=O) groups is 1. The summed E-state index contributed by atoms with van der Waals surface area (Å²) in [5, 5.41) is 0.320. The minimum Gasteiger partial charge on any atom is -0.368 e. The number of anilines is 1. The molecule has 18 heavy (non-hydrogen) atoms. The molecule has 0 saturated heterocycles. The summed E-state index contributed by atoms with van der Waals surface area (Å²) in [6, 6.07) is 5.01. The first-order valence-corrected chi connectivity index (χ1v) is 5.55. The Bertz CT molecular complexity index is 627. The summed E-state index contributed by atoms with van der Waals surface area (Å²) in [6.07, 6.45) is 1.60. The average molecular weight is 263 g/mol. The maximum atomic E-state index is 11.2. The van der Waals surface area contributed by atoms with Gasteiger partial charge in [-0.1, -0.05) is 17.7 Å². The van der Waals surface area contributed by atoms with Crippen LogP contribution in [0.4, 0.5) is 5.95 Å². The number of rotatable bonds is 2. The highest BCUT2D eigenvalue weighted by atomic mass is 35.5. The fourth-order valence-corrected chi connectivity index (χ4v) is 1.86. The van der Waals surface area contributed by atoms with Crippen molar-refractivity contribution < 1.29 is 4.79 Å². The van der Waals surface area contributed by atoms with Crippen molar-refractivity contribution in [2.45, 2.75) is 6.92 Å². The van der Waals surface area contributed by atoms with E-state index in [1.54, 1.807) is 24.4 Å². The number of aryl methyl sites for hydroxylation is 1. The largest absolute Gasteiger partial charge is 0.368 e. The van der Waals surface area contributed by atoms with E-state index in [4.69, 9.17) is 23.1 Å². The number of carbonyl (C=O) groups excluding carboxylic acids is 1. The molecule has 6 heteroatoms. The number of primary amides is 1. The van der Waals surface area contributed by atoms with Crippen LogP contribution in [0.1, 0.15) is 16.1 Å². The maximum absolute atomic E-state index is 11.2. The van der Waals surface area contributed by atoms with Gasteiger partial charge in [-0.25, -0.2) is 9.97 Å². The van der Waals surface area contributed by atoms with Gasteiger partial charge in [0, 0.05) is 11.8 Å². The molecule has 1 heterocycles. The Hall–Kier alpha value is -2.14. The summed E-state index contributed by atoms with van der Waals surface area (Å²) in [7, 11) is 0. The van der Waals surface area contributed by atoms with Crippen LogP contribution in [0.15, 0.2) is 24.4 Å². The molecule has 0 aliphatic heterocycles. The summed E-state index contributed by atoms with van der Waals surface area (Å²) in [5.74, 6) is -0.365. The van der Waals surface area contributed by atoms with E-state index >= 15 is 0 Å². The van der Waals surface area contributed by atoms with Gasteiger partial charge in [0.15, 0.2) is 0 Å². The van der Waals surface area contributed by atoms with Crippen LogP contribution in [0.3, 0.4) is 0 Å². The van der Waals surface area contributed by atoms with E-state index < -0.39 is 5.91 Å². The maximum Gasteiger partial charge on any atom is 0.250 e. The molecule has 0 bridgehead atoms. The quantitative estimate of drug-likeness (QED) is 0.862. The summed E-state index contributed by atoms with van der Waals surface area (Å²) < 4.78 is 0. The molecule has 0 aliphatic rings. The third kappa shape index (κ3) is 2.26. The Morgan fingerprint density at radius 1 is 1.39 bits per heavy atom. The number of amides is 1. The Balaban J connectivity index is 2.58. The number of benzene rings is 1. The zero-order valence-corrected chi connectivity index (χ0v) is 10.4. The Kier molecular flexibility index (Phi) is 3.16. The molecule has 0 fully saturated rings. The molecule has 5 nitrogen and oxygen atoms in total. The number of aromatic nitrogens is 2. The van der Waals surface area contributed by atoms with E-state index in [-0.39, 0.29) is 11.5 Å². The van der Waals surface area contributed by atoms with Gasteiger partial charge in [-0.05, 0) is 24.6 Å². The van der Waals surface area contributed by atoms with Crippen LogP contribution >= 0.6 is 11.6 Å². The number of halogens is 1. The lowest BCUT2D eigenvalue weighted by molar-refractivity contribution is 0.100. The molecule has 0 atom stereocenters. The molecule has 2 aromatic rings. The predicted octanol–water partition coefficient (Wildman–Crippen LogP) is 1.79. The van der Waals surface area contributed by atoms with Crippen LogP contribution < -0.4 is 11.5 Å². The van der Waals surface area contributed by atoms with Crippen molar-refractivity contribution in [3.8, 4) is 11.1 Å². The average Bonchev–Trinajstić information content (AvgIpc) is 2.30. The van der Waals surface area contributed by atoms with Crippen molar-refractivity contribution in [1.82, 2.24) is 9.97 Å². The van der Waals surface area contributed by atoms with E-state index in [1.165, 1.54) is 0 Å². The van der Waals surface area contributed by atoms with Gasteiger partial charge in [-0.15, -0.1) is 0 Å². The molecular weight excluding hydrogens is 252 g/mol. The van der Waals surface area contributed by atoms with E-state index in [0.717, 1.165) is 16.8 Å². The first-order valence-electron chi connectivity index (χ1n) is 5.18. The number of hydrogen-bond acceptors (Lipinski definition) is 4. The van der Waals surface area contributed by atoms with Crippen LogP contribution in [-0.4, -0.2) is 15.9 Å². The van der Waals surface area contributed by atoms with E-state index in [2.05, 4.69) is 9.97 Å². The van der Waals surface area contributed by atoms with Crippen LogP contribution in [0, 0.1) is 6.92 Å². The lowest BCUT2D eigenvalue weighted by Crippen LogP contribution is -2.11. The fraction of sp³-hybridized carbons (Fsp3) is 0.0833. The molecule has 92 valence electrons. The highest BCUT2D eigenvalue weighted by Gasteiger charge is 2.10. The summed E-state index contributed by atoms with van der Waals surface area (Å²) in [5.41, 5.74) is 13.3. The second-order valence-electron chi connectivity index (χ2n) is 3.79. The molecule has 2 rings (SSSR count). The van der Waals surface area contributed by atoms with Crippen molar-refractivity contribution in [3.05, 3.63) is 40.7 Å². The van der Waals surface area contributed by atoms with Gasteiger partial charge >= 0.3 is 0 Å². The third-order valence-corrected chi connectivity index (χ3v) is 2.87. The Morgan fingerprint density at radius 3 is 2.72 bits per heavy atom. The van der Waals surface area contributed by atoms with Crippen molar-refractivity contribution in [1.29, 1.82) is 0 Å². The van der Waals surface area contributed by atoms with Crippen LogP contribution in [0.2, 0.25) is 5.02 Å². The minimum absolute atomic E-state index is 0.209. The Morgan fingerprint density at radius 2 is 2.11 bits per heavy atom. The summed E-state index contributed by atoms with van der Waals surface area (Å²) >= 11 is 5.89. The van der Waals surface area contributed by atoms with Gasteiger partial charge in [0.1, 0.15) is 0 Å². The smallest absolute Gasteiger partial charge is 0.250 e. The normalized spacial score (nSPS) is 10.3. The highest BCUT2D eigenvalue weighted by molar-refractivity contribution is 6.33. The molecule has 1 aromatic carbocycles. The number of nitrogens with two attached hydrogens (primary N) is 2. The SMILES string of the molecule is Cc1nc(N)ncc1-c1ccc(Cl)c(C(N)=O)c1. The number of hydrogen-bond donors (Lipinski definition) is 2. The van der Waals surface area contributed by atoms with Crippen LogP contribution in [0.25, 0.3) is 11.1 Å². The number of nitrogen functional groups attached to an aromatic ring is 1. The molecule has 4 N–H and O–H groups in total. The zero-order valence-electron chi connectivity index (χ0n) is 9.64. The summed E-state index contributed by atoms with van der Waals surface area (Å²) in [6.45, 7) is 1.81. The van der Waals surface area contributed by atoms with E-state index in [9.17, 15) is 4.79 Å². The fourth-order valence-electron chi connectivity index (χ4n) is 1.65. The topological polar surface area (TPSA) is 94.9 Å². The van der Waals surface area contributed by atoms with E-state index in [1.807, 2.05) is 6.92 Å². The molecular formula is C12H11ClN4O. The molecule has 0 aliphatic carbocycles. The second-order valence-corrected chi connectivity index (χ2v) is 4.19. The van der Waals surface area contributed by atoms with Gasteiger partial charge in [0.25, 0.3) is 0 Å². The van der Waals surface area contributed by atoms with Gasteiger partial charge < -0.3 is 11.5 Å². The lowest BCUT2D eigenvalue weighted by atomic mass is 10.0. The zero-order chi connectivity index (χ0) is 13.3. The van der Waals surface area contributed by atoms with Gasteiger partial charge in [-0.2, -0.15) is 0 Å². The Labute approximate surface area is 109 Å². The van der Waals surface area contributed by atoms with Crippen molar-refractivity contribution in [2.24, 2.45) is 5.73 Å².